The first-order valence-electron chi connectivity index (χ1n) is 10.4. The van der Waals surface area contributed by atoms with Crippen LogP contribution in [0.15, 0.2) is 24.3 Å². The molecule has 1 unspecified atom stereocenters. The van der Waals surface area contributed by atoms with Gasteiger partial charge in [-0.25, -0.2) is 9.59 Å². The van der Waals surface area contributed by atoms with Crippen molar-refractivity contribution >= 4 is 29.6 Å². The number of ether oxygens (including phenoxy) is 1. The monoisotopic (exact) mass is 433 g/mol. The highest BCUT2D eigenvalue weighted by Gasteiger charge is 2.37. The fourth-order valence-electron chi connectivity index (χ4n) is 3.36. The molecule has 0 saturated carbocycles. The smallest absolute Gasteiger partial charge is 0.408 e. The third-order valence-corrected chi connectivity index (χ3v) is 5.16. The van der Waals surface area contributed by atoms with E-state index < -0.39 is 41.6 Å². The number of carboxylic acids is 1. The van der Waals surface area contributed by atoms with Crippen LogP contribution >= 0.6 is 0 Å². The van der Waals surface area contributed by atoms with Gasteiger partial charge in [0.2, 0.25) is 11.8 Å². The summed E-state index contributed by atoms with van der Waals surface area (Å²) in [5.74, 6) is -3.17. The zero-order valence-corrected chi connectivity index (χ0v) is 18.5. The van der Waals surface area contributed by atoms with Gasteiger partial charge in [0.1, 0.15) is 17.7 Å². The fourth-order valence-corrected chi connectivity index (χ4v) is 3.36. The summed E-state index contributed by atoms with van der Waals surface area (Å²) in [5, 5.41) is 17.4. The molecule has 0 fully saturated rings. The predicted octanol–water partition coefficient (Wildman–Crippen LogP) is 2.62. The number of carbonyl (C=O) groups is 4. The second-order valence-electron chi connectivity index (χ2n) is 8.77. The van der Waals surface area contributed by atoms with E-state index in [1.165, 1.54) is 0 Å². The van der Waals surface area contributed by atoms with E-state index in [0.29, 0.717) is 17.7 Å². The standard InChI is InChI=1S/C22H31N3O6/c1-6-12(2)17(25-21(30)31-22(3,4)5)19(27)24-16(20(28)29)11-14-13-9-7-8-10-15(13)23-18(14)26/h7-10,12,14,16-17H,6,11H2,1-5H3,(H,23,26)(H,24,27)(H,25,30)(H,28,29)/t12-,14?,16-,17-/m0/s1. The lowest BCUT2D eigenvalue weighted by molar-refractivity contribution is -0.142. The van der Waals surface area contributed by atoms with Gasteiger partial charge in [-0.1, -0.05) is 38.5 Å². The minimum absolute atomic E-state index is 0.108. The van der Waals surface area contributed by atoms with Crippen molar-refractivity contribution in [2.75, 3.05) is 5.32 Å². The molecular weight excluding hydrogens is 402 g/mol. The van der Waals surface area contributed by atoms with Crippen LogP contribution in [0.2, 0.25) is 0 Å². The number of rotatable bonds is 8. The van der Waals surface area contributed by atoms with E-state index in [1.54, 1.807) is 52.0 Å². The van der Waals surface area contributed by atoms with Crippen molar-refractivity contribution < 1.29 is 29.0 Å². The van der Waals surface area contributed by atoms with Crippen molar-refractivity contribution in [1.82, 2.24) is 10.6 Å². The lowest BCUT2D eigenvalue weighted by Gasteiger charge is -2.27. The second kappa shape index (κ2) is 9.80. The first kappa shape index (κ1) is 24.2. The van der Waals surface area contributed by atoms with Crippen LogP contribution in [0.1, 0.15) is 58.9 Å². The van der Waals surface area contributed by atoms with Gasteiger partial charge in [-0.15, -0.1) is 0 Å². The van der Waals surface area contributed by atoms with Gasteiger partial charge >= 0.3 is 12.1 Å². The number of amides is 3. The number of para-hydroxylation sites is 1. The highest BCUT2D eigenvalue weighted by molar-refractivity contribution is 6.03. The first-order valence-corrected chi connectivity index (χ1v) is 10.4. The van der Waals surface area contributed by atoms with Crippen LogP contribution < -0.4 is 16.0 Å². The predicted molar refractivity (Wildman–Crippen MR) is 115 cm³/mol. The summed E-state index contributed by atoms with van der Waals surface area (Å²) in [5.41, 5.74) is 0.586. The average molecular weight is 434 g/mol. The molecule has 0 aromatic heterocycles. The molecule has 170 valence electrons. The Labute approximate surface area is 181 Å². The summed E-state index contributed by atoms with van der Waals surface area (Å²) in [6.07, 6.45) is -0.294. The van der Waals surface area contributed by atoms with Gasteiger partial charge in [-0.05, 0) is 44.7 Å². The Morgan fingerprint density at radius 2 is 1.84 bits per heavy atom. The van der Waals surface area contributed by atoms with Gasteiger partial charge in [-0.3, -0.25) is 9.59 Å². The molecule has 2 rings (SSSR count). The normalized spacial score (nSPS) is 18.2. The minimum atomic E-state index is -1.30. The van der Waals surface area contributed by atoms with Crippen molar-refractivity contribution in [3.8, 4) is 0 Å². The first-order chi connectivity index (χ1) is 14.4. The zero-order valence-electron chi connectivity index (χ0n) is 18.5. The molecule has 31 heavy (non-hydrogen) atoms. The van der Waals surface area contributed by atoms with Crippen LogP contribution in [-0.4, -0.2) is 46.7 Å². The van der Waals surface area contributed by atoms with E-state index in [1.807, 2.05) is 6.92 Å². The van der Waals surface area contributed by atoms with Crippen molar-refractivity contribution in [2.24, 2.45) is 5.92 Å². The number of alkyl carbamates (subject to hydrolysis) is 1. The maximum absolute atomic E-state index is 12.9. The quantitative estimate of drug-likeness (QED) is 0.498. The maximum Gasteiger partial charge on any atom is 0.408 e. The number of fused-ring (bicyclic) bond motifs is 1. The van der Waals surface area contributed by atoms with Crippen molar-refractivity contribution in [3.63, 3.8) is 0 Å². The molecule has 1 aliphatic rings. The van der Waals surface area contributed by atoms with E-state index >= 15 is 0 Å². The summed E-state index contributed by atoms with van der Waals surface area (Å²) in [7, 11) is 0. The molecule has 0 radical (unpaired) electrons. The third-order valence-electron chi connectivity index (χ3n) is 5.16. The summed E-state index contributed by atoms with van der Waals surface area (Å²) in [6, 6.07) is 4.75. The van der Waals surface area contributed by atoms with E-state index in [-0.39, 0.29) is 18.2 Å². The Morgan fingerprint density at radius 3 is 2.42 bits per heavy atom. The number of anilines is 1. The van der Waals surface area contributed by atoms with Gasteiger partial charge in [0.15, 0.2) is 0 Å². The topological polar surface area (TPSA) is 134 Å². The highest BCUT2D eigenvalue weighted by Crippen LogP contribution is 2.35. The Hall–Kier alpha value is -3.10. The molecule has 3 amide bonds. The Kier molecular flexibility index (Phi) is 7.65. The SMILES string of the molecule is CC[C@H](C)[C@H](NC(=O)OC(C)(C)C)C(=O)N[C@@H](CC1C(=O)Nc2ccccc21)C(=O)O. The fraction of sp³-hybridized carbons (Fsp3) is 0.545. The number of hydrogen-bond donors (Lipinski definition) is 4. The number of benzene rings is 1. The van der Waals surface area contributed by atoms with Crippen molar-refractivity contribution in [1.29, 1.82) is 0 Å². The second-order valence-corrected chi connectivity index (χ2v) is 8.77. The van der Waals surface area contributed by atoms with Gasteiger partial charge in [-0.2, -0.15) is 0 Å². The molecule has 4 N–H and O–H groups in total. The van der Waals surface area contributed by atoms with Gasteiger partial charge in [0, 0.05) is 5.69 Å². The van der Waals surface area contributed by atoms with Crippen molar-refractivity contribution in [2.45, 2.75) is 71.1 Å². The number of hydrogen-bond acceptors (Lipinski definition) is 5. The molecule has 9 nitrogen and oxygen atoms in total. The van der Waals surface area contributed by atoms with Crippen LogP contribution in [0, 0.1) is 5.92 Å². The van der Waals surface area contributed by atoms with Crippen LogP contribution in [0.3, 0.4) is 0 Å². The van der Waals surface area contributed by atoms with Gasteiger partial charge in [0.05, 0.1) is 5.92 Å². The van der Waals surface area contributed by atoms with Crippen molar-refractivity contribution in [3.05, 3.63) is 29.8 Å². The zero-order chi connectivity index (χ0) is 23.3. The summed E-state index contributed by atoms with van der Waals surface area (Å²) < 4.78 is 5.23. The third kappa shape index (κ3) is 6.44. The molecule has 4 atom stereocenters. The Bertz CT molecular complexity index is 848. The van der Waals surface area contributed by atoms with Gasteiger partial charge < -0.3 is 25.8 Å². The van der Waals surface area contributed by atoms with E-state index in [2.05, 4.69) is 16.0 Å². The number of nitrogens with one attached hydrogen (secondary N) is 3. The number of aliphatic carboxylic acids is 1. The Balaban J connectivity index is 2.14. The van der Waals surface area contributed by atoms with Crippen LogP contribution in [-0.2, 0) is 19.1 Å². The minimum Gasteiger partial charge on any atom is -0.480 e. The molecule has 1 aliphatic heterocycles. The lowest BCUT2D eigenvalue weighted by atomic mass is 9.92. The van der Waals surface area contributed by atoms with Gasteiger partial charge in [0.25, 0.3) is 0 Å². The highest BCUT2D eigenvalue weighted by atomic mass is 16.6. The molecule has 0 aliphatic carbocycles. The number of carboxylic acid groups (broad SMARTS) is 1. The van der Waals surface area contributed by atoms with Crippen LogP contribution in [0.5, 0.6) is 0 Å². The molecule has 0 saturated heterocycles. The summed E-state index contributed by atoms with van der Waals surface area (Å²) in [6.45, 7) is 8.75. The molecule has 1 aromatic rings. The molecule has 1 aromatic carbocycles. The van der Waals surface area contributed by atoms with E-state index in [4.69, 9.17) is 4.74 Å². The summed E-state index contributed by atoms with van der Waals surface area (Å²) >= 11 is 0. The van der Waals surface area contributed by atoms with Crippen LogP contribution in [0.25, 0.3) is 0 Å². The maximum atomic E-state index is 12.9. The largest absolute Gasteiger partial charge is 0.480 e. The number of carbonyl (C=O) groups excluding carboxylic acids is 3. The molecule has 0 bridgehead atoms. The molecule has 1 heterocycles. The van der Waals surface area contributed by atoms with Crippen LogP contribution in [0.4, 0.5) is 10.5 Å². The Morgan fingerprint density at radius 1 is 1.19 bits per heavy atom. The molecule has 9 heteroatoms. The summed E-state index contributed by atoms with van der Waals surface area (Å²) in [4.78, 5) is 49.3. The average Bonchev–Trinajstić information content (AvgIpc) is 2.98. The molecular formula is C22H31N3O6. The molecule has 0 spiro atoms. The van der Waals surface area contributed by atoms with E-state index in [9.17, 15) is 24.3 Å². The lowest BCUT2D eigenvalue weighted by Crippen LogP contribution is -2.55. The van der Waals surface area contributed by atoms with E-state index in [0.717, 1.165) is 0 Å².